The second-order valence-corrected chi connectivity index (χ2v) is 4.19. The second kappa shape index (κ2) is 5.46. The molecule has 0 radical (unpaired) electrons. The van der Waals surface area contributed by atoms with E-state index in [0.29, 0.717) is 31.1 Å². The van der Waals surface area contributed by atoms with Crippen molar-refractivity contribution >= 4 is 5.91 Å². The third-order valence-corrected chi connectivity index (χ3v) is 2.98. The van der Waals surface area contributed by atoms with Gasteiger partial charge in [-0.05, 0) is 18.1 Å². The molecule has 0 aliphatic carbocycles. The maximum absolute atomic E-state index is 11.0. The summed E-state index contributed by atoms with van der Waals surface area (Å²) in [4.78, 5) is 11.0. The largest absolute Gasteiger partial charge is 0.355 e. The van der Waals surface area contributed by atoms with Crippen molar-refractivity contribution in [1.82, 2.24) is 10.6 Å². The molecule has 17 heavy (non-hydrogen) atoms. The summed E-state index contributed by atoms with van der Waals surface area (Å²) in [5, 5.41) is 15.2. The lowest BCUT2D eigenvalue weighted by molar-refractivity contribution is -0.122. The van der Waals surface area contributed by atoms with Crippen LogP contribution in [0.5, 0.6) is 0 Å². The first-order valence-corrected chi connectivity index (χ1v) is 5.77. The van der Waals surface area contributed by atoms with Crippen LogP contribution in [0.25, 0.3) is 0 Å². The molecule has 88 valence electrons. The molecule has 2 N–H and O–H groups in total. The molecule has 2 rings (SSSR count). The Kier molecular flexibility index (Phi) is 3.73. The lowest BCUT2D eigenvalue weighted by atomic mass is 10.1. The zero-order valence-electron chi connectivity index (χ0n) is 9.57. The van der Waals surface area contributed by atoms with E-state index >= 15 is 0 Å². The number of nitrogens with zero attached hydrogens (tertiary/aromatic N) is 1. The van der Waals surface area contributed by atoms with E-state index < -0.39 is 0 Å². The van der Waals surface area contributed by atoms with Gasteiger partial charge in [-0.15, -0.1) is 0 Å². The summed E-state index contributed by atoms with van der Waals surface area (Å²) in [5.74, 6) is 0.125. The minimum atomic E-state index is 0.125. The highest BCUT2D eigenvalue weighted by Gasteiger charge is 2.17. The van der Waals surface area contributed by atoms with Crippen LogP contribution in [0.4, 0.5) is 0 Å². The Hall–Kier alpha value is -1.86. The van der Waals surface area contributed by atoms with Gasteiger partial charge in [-0.3, -0.25) is 4.79 Å². The molecule has 1 aliphatic heterocycles. The van der Waals surface area contributed by atoms with Crippen molar-refractivity contribution in [2.45, 2.75) is 25.4 Å². The highest BCUT2D eigenvalue weighted by Crippen LogP contribution is 2.09. The smallest absolute Gasteiger partial charge is 0.220 e. The predicted molar refractivity (Wildman–Crippen MR) is 64.0 cm³/mol. The number of rotatable bonds is 3. The standard InChI is InChI=1S/C13H15N3O/c14-7-10-3-1-2-4-11(10)8-15-12-5-6-13(17)16-9-12/h1-4,12,15H,5-6,8-9H2,(H,16,17). The van der Waals surface area contributed by atoms with Crippen molar-refractivity contribution in [3.63, 3.8) is 0 Å². The molecule has 4 heteroatoms. The Balaban J connectivity index is 1.90. The molecule has 4 nitrogen and oxygen atoms in total. The highest BCUT2D eigenvalue weighted by molar-refractivity contribution is 5.76. The number of amides is 1. The fourth-order valence-electron chi connectivity index (χ4n) is 1.94. The zero-order chi connectivity index (χ0) is 12.1. The monoisotopic (exact) mass is 229 g/mol. The number of nitriles is 1. The van der Waals surface area contributed by atoms with Crippen LogP contribution in [-0.2, 0) is 11.3 Å². The van der Waals surface area contributed by atoms with Crippen molar-refractivity contribution in [1.29, 1.82) is 5.26 Å². The van der Waals surface area contributed by atoms with Gasteiger partial charge in [0.1, 0.15) is 0 Å². The number of hydrogen-bond donors (Lipinski definition) is 2. The first kappa shape index (κ1) is 11.6. The van der Waals surface area contributed by atoms with Crippen LogP contribution >= 0.6 is 0 Å². The normalized spacial score (nSPS) is 19.5. The quantitative estimate of drug-likeness (QED) is 0.810. The van der Waals surface area contributed by atoms with Gasteiger partial charge in [-0.25, -0.2) is 0 Å². The van der Waals surface area contributed by atoms with Crippen molar-refractivity contribution in [3.8, 4) is 6.07 Å². The number of nitrogens with one attached hydrogen (secondary N) is 2. The fraction of sp³-hybridized carbons (Fsp3) is 0.385. The molecule has 1 amide bonds. The first-order chi connectivity index (χ1) is 8.29. The van der Waals surface area contributed by atoms with E-state index in [1.807, 2.05) is 24.3 Å². The van der Waals surface area contributed by atoms with E-state index in [2.05, 4.69) is 16.7 Å². The van der Waals surface area contributed by atoms with Crippen LogP contribution in [0.1, 0.15) is 24.0 Å². The maximum Gasteiger partial charge on any atom is 0.220 e. The molecule has 1 heterocycles. The first-order valence-electron chi connectivity index (χ1n) is 5.77. The predicted octanol–water partition coefficient (Wildman–Crippen LogP) is 0.926. The van der Waals surface area contributed by atoms with E-state index in [1.165, 1.54) is 0 Å². The Bertz CT molecular complexity index is 440. The van der Waals surface area contributed by atoms with Gasteiger partial charge in [0, 0.05) is 25.6 Å². The summed E-state index contributed by atoms with van der Waals surface area (Å²) in [6, 6.07) is 10.1. The van der Waals surface area contributed by atoms with Gasteiger partial charge >= 0.3 is 0 Å². The Morgan fingerprint density at radius 1 is 1.47 bits per heavy atom. The minimum Gasteiger partial charge on any atom is -0.355 e. The summed E-state index contributed by atoms with van der Waals surface area (Å²) in [6.45, 7) is 1.35. The molecular weight excluding hydrogens is 214 g/mol. The number of carbonyl (C=O) groups excluding carboxylic acids is 1. The van der Waals surface area contributed by atoms with E-state index in [4.69, 9.17) is 5.26 Å². The molecule has 0 saturated carbocycles. The van der Waals surface area contributed by atoms with Crippen LogP contribution < -0.4 is 10.6 Å². The van der Waals surface area contributed by atoms with E-state index in [9.17, 15) is 4.79 Å². The van der Waals surface area contributed by atoms with Gasteiger partial charge in [-0.2, -0.15) is 5.26 Å². The van der Waals surface area contributed by atoms with Crippen molar-refractivity contribution in [2.75, 3.05) is 6.54 Å². The summed E-state index contributed by atoms with van der Waals surface area (Å²) >= 11 is 0. The van der Waals surface area contributed by atoms with E-state index in [0.717, 1.165) is 12.0 Å². The topological polar surface area (TPSA) is 64.9 Å². The van der Waals surface area contributed by atoms with Crippen molar-refractivity contribution < 1.29 is 4.79 Å². The molecule has 1 unspecified atom stereocenters. The summed E-state index contributed by atoms with van der Waals surface area (Å²) in [5.41, 5.74) is 1.71. The van der Waals surface area contributed by atoms with Gasteiger partial charge in [0.2, 0.25) is 5.91 Å². The van der Waals surface area contributed by atoms with E-state index in [1.54, 1.807) is 0 Å². The fourth-order valence-corrected chi connectivity index (χ4v) is 1.94. The van der Waals surface area contributed by atoms with Crippen LogP contribution in [0, 0.1) is 11.3 Å². The molecule has 0 bridgehead atoms. The van der Waals surface area contributed by atoms with Crippen molar-refractivity contribution in [2.24, 2.45) is 0 Å². The van der Waals surface area contributed by atoms with Gasteiger partial charge in [0.15, 0.2) is 0 Å². The van der Waals surface area contributed by atoms with Crippen molar-refractivity contribution in [3.05, 3.63) is 35.4 Å². The van der Waals surface area contributed by atoms with Gasteiger partial charge in [0.05, 0.1) is 11.6 Å². The lowest BCUT2D eigenvalue weighted by Crippen LogP contribution is -2.45. The summed E-state index contributed by atoms with van der Waals surface area (Å²) in [7, 11) is 0. The van der Waals surface area contributed by atoms with Gasteiger partial charge in [0.25, 0.3) is 0 Å². The second-order valence-electron chi connectivity index (χ2n) is 4.19. The molecule has 1 fully saturated rings. The Labute approximate surface area is 101 Å². The molecule has 0 spiro atoms. The minimum absolute atomic E-state index is 0.125. The Morgan fingerprint density at radius 2 is 2.29 bits per heavy atom. The molecule has 0 aromatic heterocycles. The van der Waals surface area contributed by atoms with Gasteiger partial charge in [-0.1, -0.05) is 18.2 Å². The summed E-state index contributed by atoms with van der Waals surface area (Å²) in [6.07, 6.45) is 1.44. The zero-order valence-corrected chi connectivity index (χ0v) is 9.57. The number of carbonyl (C=O) groups is 1. The van der Waals surface area contributed by atoms with Crippen LogP contribution in [0.15, 0.2) is 24.3 Å². The maximum atomic E-state index is 11.0. The van der Waals surface area contributed by atoms with Crippen LogP contribution in [-0.4, -0.2) is 18.5 Å². The molecule has 1 aromatic rings. The van der Waals surface area contributed by atoms with E-state index in [-0.39, 0.29) is 5.91 Å². The third kappa shape index (κ3) is 3.05. The lowest BCUT2D eigenvalue weighted by Gasteiger charge is -2.23. The number of hydrogen-bond acceptors (Lipinski definition) is 3. The number of benzene rings is 1. The number of piperidine rings is 1. The Morgan fingerprint density at radius 3 is 3.00 bits per heavy atom. The van der Waals surface area contributed by atoms with Crippen LogP contribution in [0.2, 0.25) is 0 Å². The average Bonchev–Trinajstić information content (AvgIpc) is 2.38. The molecule has 1 saturated heterocycles. The van der Waals surface area contributed by atoms with Crippen LogP contribution in [0.3, 0.4) is 0 Å². The summed E-state index contributed by atoms with van der Waals surface area (Å²) < 4.78 is 0. The SMILES string of the molecule is N#Cc1ccccc1CNC1CCC(=O)NC1. The molecule has 1 atom stereocenters. The average molecular weight is 229 g/mol. The third-order valence-electron chi connectivity index (χ3n) is 2.98. The molecular formula is C13H15N3O. The molecule has 1 aliphatic rings. The molecule has 1 aromatic carbocycles. The highest BCUT2D eigenvalue weighted by atomic mass is 16.1. The van der Waals surface area contributed by atoms with Gasteiger partial charge < -0.3 is 10.6 Å².